The third-order valence-corrected chi connectivity index (χ3v) is 4.76. The highest BCUT2D eigenvalue weighted by atomic mass is 19.1. The van der Waals surface area contributed by atoms with Crippen LogP contribution in [-0.2, 0) is 9.59 Å². The minimum absolute atomic E-state index is 0.0300. The number of ether oxygens (including phenoxy) is 1. The Kier molecular flexibility index (Phi) is 5.70. The molecule has 1 aliphatic heterocycles. The first-order chi connectivity index (χ1) is 12.4. The summed E-state index contributed by atoms with van der Waals surface area (Å²) in [5, 5.41) is 2.99. The van der Waals surface area contributed by atoms with E-state index in [-0.39, 0.29) is 30.2 Å². The molecule has 2 aliphatic rings. The Morgan fingerprint density at radius 1 is 1.23 bits per heavy atom. The van der Waals surface area contributed by atoms with Gasteiger partial charge in [0.05, 0.1) is 6.04 Å². The van der Waals surface area contributed by atoms with Gasteiger partial charge in [0.15, 0.2) is 18.2 Å². The molecule has 2 fully saturated rings. The Labute approximate surface area is 151 Å². The van der Waals surface area contributed by atoms with Crippen LogP contribution in [0.2, 0.25) is 0 Å². The predicted molar refractivity (Wildman–Crippen MR) is 90.6 cm³/mol. The summed E-state index contributed by atoms with van der Waals surface area (Å²) < 4.78 is 31.5. The summed E-state index contributed by atoms with van der Waals surface area (Å²) in [6.07, 6.45) is 2.10. The van der Waals surface area contributed by atoms with E-state index in [1.807, 2.05) is 11.8 Å². The molecule has 1 aliphatic carbocycles. The monoisotopic (exact) mass is 367 g/mol. The Hall–Kier alpha value is -2.22. The van der Waals surface area contributed by atoms with E-state index in [4.69, 9.17) is 4.74 Å². The number of rotatable bonds is 6. The minimum atomic E-state index is -0.835. The lowest BCUT2D eigenvalue weighted by Gasteiger charge is -2.37. The van der Waals surface area contributed by atoms with Crippen LogP contribution in [0.1, 0.15) is 19.8 Å². The van der Waals surface area contributed by atoms with Crippen LogP contribution in [0.5, 0.6) is 5.75 Å². The van der Waals surface area contributed by atoms with E-state index >= 15 is 0 Å². The van der Waals surface area contributed by atoms with Gasteiger partial charge in [-0.15, -0.1) is 0 Å². The van der Waals surface area contributed by atoms with Crippen LogP contribution in [0, 0.1) is 11.6 Å². The maximum absolute atomic E-state index is 13.5. The quantitative estimate of drug-likeness (QED) is 0.820. The van der Waals surface area contributed by atoms with Crippen molar-refractivity contribution < 1.29 is 23.1 Å². The van der Waals surface area contributed by atoms with Crippen molar-refractivity contribution in [3.05, 3.63) is 29.8 Å². The number of benzene rings is 1. The number of halogens is 2. The molecule has 8 heteroatoms. The van der Waals surface area contributed by atoms with E-state index in [0.29, 0.717) is 38.3 Å². The molecule has 0 aromatic heterocycles. The molecule has 142 valence electrons. The second-order valence-corrected chi connectivity index (χ2v) is 6.74. The van der Waals surface area contributed by atoms with Gasteiger partial charge in [-0.25, -0.2) is 8.78 Å². The first kappa shape index (κ1) is 18.6. The topological polar surface area (TPSA) is 61.9 Å². The molecule has 1 heterocycles. The summed E-state index contributed by atoms with van der Waals surface area (Å²) in [7, 11) is 0. The number of amides is 2. The number of hydrogen-bond donors (Lipinski definition) is 1. The van der Waals surface area contributed by atoms with E-state index in [0.717, 1.165) is 25.0 Å². The zero-order valence-corrected chi connectivity index (χ0v) is 14.7. The van der Waals surface area contributed by atoms with Crippen molar-refractivity contribution in [2.45, 2.75) is 31.8 Å². The summed E-state index contributed by atoms with van der Waals surface area (Å²) in [6, 6.07) is 3.06. The second-order valence-electron chi connectivity index (χ2n) is 6.74. The highest BCUT2D eigenvalue weighted by Gasteiger charge is 2.30. The van der Waals surface area contributed by atoms with E-state index in [9.17, 15) is 18.4 Å². The number of nitrogens with zero attached hydrogens (tertiary/aromatic N) is 2. The molecule has 0 bridgehead atoms. The molecule has 6 nitrogen and oxygen atoms in total. The molecule has 0 radical (unpaired) electrons. The van der Waals surface area contributed by atoms with E-state index in [1.54, 1.807) is 4.90 Å². The molecular formula is C18H23F2N3O3. The summed E-state index contributed by atoms with van der Waals surface area (Å²) in [5.74, 6) is -1.91. The van der Waals surface area contributed by atoms with Gasteiger partial charge in [-0.05, 0) is 31.9 Å². The van der Waals surface area contributed by atoms with Crippen molar-refractivity contribution in [3.63, 3.8) is 0 Å². The molecule has 1 atom stereocenters. The van der Waals surface area contributed by atoms with Gasteiger partial charge in [-0.1, -0.05) is 0 Å². The van der Waals surface area contributed by atoms with E-state index in [1.165, 1.54) is 0 Å². The van der Waals surface area contributed by atoms with Gasteiger partial charge in [0.2, 0.25) is 5.91 Å². The number of carbonyl (C=O) groups is 2. The predicted octanol–water partition coefficient (Wildman–Crippen LogP) is 1.15. The fourth-order valence-corrected chi connectivity index (χ4v) is 2.90. The van der Waals surface area contributed by atoms with Crippen LogP contribution in [0.3, 0.4) is 0 Å². The smallest absolute Gasteiger partial charge is 0.260 e. The fourth-order valence-electron chi connectivity index (χ4n) is 2.90. The molecule has 2 amide bonds. The van der Waals surface area contributed by atoms with E-state index in [2.05, 4.69) is 5.32 Å². The van der Waals surface area contributed by atoms with Gasteiger partial charge in [0.25, 0.3) is 5.91 Å². The van der Waals surface area contributed by atoms with Crippen molar-refractivity contribution in [1.29, 1.82) is 0 Å². The largest absolute Gasteiger partial charge is 0.481 e. The van der Waals surface area contributed by atoms with Crippen LogP contribution in [0.25, 0.3) is 0 Å². The normalized spacial score (nSPS) is 19.1. The molecule has 1 saturated carbocycles. The minimum Gasteiger partial charge on any atom is -0.481 e. The molecule has 26 heavy (non-hydrogen) atoms. The van der Waals surface area contributed by atoms with Crippen molar-refractivity contribution >= 4 is 11.8 Å². The summed E-state index contributed by atoms with van der Waals surface area (Å²) in [6.45, 7) is 3.71. The Balaban J connectivity index is 1.43. The van der Waals surface area contributed by atoms with Crippen LogP contribution < -0.4 is 10.1 Å². The zero-order valence-electron chi connectivity index (χ0n) is 14.7. The van der Waals surface area contributed by atoms with Crippen molar-refractivity contribution in [1.82, 2.24) is 15.1 Å². The molecule has 0 spiro atoms. The molecule has 1 aromatic carbocycles. The van der Waals surface area contributed by atoms with Gasteiger partial charge in [0.1, 0.15) is 5.82 Å². The first-order valence-electron chi connectivity index (χ1n) is 8.84. The average Bonchev–Trinajstić information content (AvgIpc) is 3.44. The standard InChI is InChI=1S/C18H23F2N3O3/c1-12(18(25)21-14-3-4-14)22-6-8-23(9-7-22)17(24)11-26-16-5-2-13(19)10-15(16)20/h2,5,10,12,14H,3-4,6-9,11H2,1H3,(H,21,25). The maximum Gasteiger partial charge on any atom is 0.260 e. The third kappa shape index (κ3) is 4.69. The lowest BCUT2D eigenvalue weighted by atomic mass is 10.2. The fraction of sp³-hybridized carbons (Fsp3) is 0.556. The Morgan fingerprint density at radius 2 is 1.92 bits per heavy atom. The average molecular weight is 367 g/mol. The number of carbonyl (C=O) groups excluding carboxylic acids is 2. The maximum atomic E-state index is 13.5. The SMILES string of the molecule is CC(C(=O)NC1CC1)N1CCN(C(=O)COc2ccc(F)cc2F)CC1. The molecule has 3 rings (SSSR count). The van der Waals surface area contributed by atoms with Crippen LogP contribution in [0.15, 0.2) is 18.2 Å². The van der Waals surface area contributed by atoms with Crippen molar-refractivity contribution in [2.24, 2.45) is 0 Å². The van der Waals surface area contributed by atoms with Crippen molar-refractivity contribution in [3.8, 4) is 5.75 Å². The number of piperazine rings is 1. The zero-order chi connectivity index (χ0) is 18.7. The molecular weight excluding hydrogens is 344 g/mol. The van der Waals surface area contributed by atoms with Gasteiger partial charge in [-0.3, -0.25) is 14.5 Å². The third-order valence-electron chi connectivity index (χ3n) is 4.76. The number of hydrogen-bond acceptors (Lipinski definition) is 4. The van der Waals surface area contributed by atoms with Gasteiger partial charge >= 0.3 is 0 Å². The summed E-state index contributed by atoms with van der Waals surface area (Å²) in [5.41, 5.74) is 0. The Morgan fingerprint density at radius 3 is 2.54 bits per heavy atom. The van der Waals surface area contributed by atoms with Crippen LogP contribution in [0.4, 0.5) is 8.78 Å². The molecule has 1 saturated heterocycles. The highest BCUT2D eigenvalue weighted by molar-refractivity contribution is 5.82. The summed E-state index contributed by atoms with van der Waals surface area (Å²) in [4.78, 5) is 28.0. The van der Waals surface area contributed by atoms with Gasteiger partial charge < -0.3 is 15.0 Å². The molecule has 1 unspecified atom stereocenters. The van der Waals surface area contributed by atoms with Crippen molar-refractivity contribution in [2.75, 3.05) is 32.8 Å². The Bertz CT molecular complexity index is 674. The lowest BCUT2D eigenvalue weighted by molar-refractivity contribution is -0.136. The van der Waals surface area contributed by atoms with Gasteiger partial charge in [0, 0.05) is 38.3 Å². The first-order valence-corrected chi connectivity index (χ1v) is 8.84. The molecule has 1 N–H and O–H groups in total. The van der Waals surface area contributed by atoms with Crippen LogP contribution >= 0.6 is 0 Å². The lowest BCUT2D eigenvalue weighted by Crippen LogP contribution is -2.55. The highest BCUT2D eigenvalue weighted by Crippen LogP contribution is 2.20. The van der Waals surface area contributed by atoms with Gasteiger partial charge in [-0.2, -0.15) is 0 Å². The van der Waals surface area contributed by atoms with E-state index < -0.39 is 11.6 Å². The second kappa shape index (κ2) is 7.99. The van der Waals surface area contributed by atoms with Crippen LogP contribution in [-0.4, -0.2) is 66.5 Å². The molecule has 1 aromatic rings. The number of nitrogens with one attached hydrogen (secondary N) is 1. The summed E-state index contributed by atoms with van der Waals surface area (Å²) >= 11 is 0.